The summed E-state index contributed by atoms with van der Waals surface area (Å²) in [6.07, 6.45) is 1.99. The van der Waals surface area contributed by atoms with E-state index in [1.54, 1.807) is 0 Å². The van der Waals surface area contributed by atoms with Gasteiger partial charge in [-0.1, -0.05) is 0 Å². The lowest BCUT2D eigenvalue weighted by atomic mass is 10.2. The lowest BCUT2D eigenvalue weighted by Gasteiger charge is -2.21. The summed E-state index contributed by atoms with van der Waals surface area (Å²) in [6.45, 7) is 3.63. The zero-order valence-corrected chi connectivity index (χ0v) is 10.2. The molecule has 1 atom stereocenters. The highest BCUT2D eigenvalue weighted by molar-refractivity contribution is 5.78. The Morgan fingerprint density at radius 3 is 2.71 bits per heavy atom. The van der Waals surface area contributed by atoms with Crippen molar-refractivity contribution in [1.82, 2.24) is 15.5 Å². The molecule has 0 unspecified atom stereocenters. The number of carbonyl (C=O) groups excluding carboxylic acids is 2. The normalized spacial score (nSPS) is 20.2. The number of nitrogens with zero attached hydrogens (tertiary/aromatic N) is 1. The summed E-state index contributed by atoms with van der Waals surface area (Å²) >= 11 is 0. The molecule has 6 nitrogen and oxygen atoms in total. The second-order valence-corrected chi connectivity index (χ2v) is 4.28. The van der Waals surface area contributed by atoms with Crippen molar-refractivity contribution in [2.45, 2.75) is 25.8 Å². The molecule has 1 rings (SSSR count). The van der Waals surface area contributed by atoms with Crippen LogP contribution in [-0.4, -0.2) is 60.6 Å². The first kappa shape index (κ1) is 13.9. The van der Waals surface area contributed by atoms with Gasteiger partial charge in [0.1, 0.15) is 0 Å². The molecule has 0 spiro atoms. The maximum absolute atomic E-state index is 11.6. The predicted molar refractivity (Wildman–Crippen MR) is 63.4 cm³/mol. The molecule has 1 fully saturated rings. The van der Waals surface area contributed by atoms with Gasteiger partial charge in [0.05, 0.1) is 13.2 Å². The summed E-state index contributed by atoms with van der Waals surface area (Å²) in [5, 5.41) is 14.4. The fourth-order valence-electron chi connectivity index (χ4n) is 1.99. The third-order valence-corrected chi connectivity index (χ3v) is 2.88. The van der Waals surface area contributed by atoms with Crippen LogP contribution in [0.4, 0.5) is 0 Å². The van der Waals surface area contributed by atoms with Crippen molar-refractivity contribution >= 4 is 11.8 Å². The molecular formula is C11H21N3O3. The van der Waals surface area contributed by atoms with Gasteiger partial charge >= 0.3 is 0 Å². The lowest BCUT2D eigenvalue weighted by Crippen LogP contribution is -2.43. The van der Waals surface area contributed by atoms with Gasteiger partial charge in [0.2, 0.25) is 11.8 Å². The van der Waals surface area contributed by atoms with Gasteiger partial charge in [-0.15, -0.1) is 0 Å². The van der Waals surface area contributed by atoms with E-state index in [4.69, 9.17) is 5.11 Å². The number of rotatable bonds is 6. The van der Waals surface area contributed by atoms with E-state index in [0.717, 1.165) is 19.4 Å². The number of amides is 2. The molecule has 3 N–H and O–H groups in total. The average Bonchev–Trinajstić information content (AvgIpc) is 2.71. The quantitative estimate of drug-likeness (QED) is 0.506. The summed E-state index contributed by atoms with van der Waals surface area (Å²) in [5.74, 6) is -0.158. The molecule has 0 bridgehead atoms. The molecule has 0 aromatic carbocycles. The van der Waals surface area contributed by atoms with Gasteiger partial charge in [-0.3, -0.25) is 14.5 Å². The van der Waals surface area contributed by atoms with Crippen molar-refractivity contribution in [1.29, 1.82) is 0 Å². The fourth-order valence-corrected chi connectivity index (χ4v) is 1.99. The summed E-state index contributed by atoms with van der Waals surface area (Å²) in [4.78, 5) is 24.1. The van der Waals surface area contributed by atoms with Crippen molar-refractivity contribution in [3.05, 3.63) is 0 Å². The van der Waals surface area contributed by atoms with Crippen molar-refractivity contribution < 1.29 is 14.7 Å². The smallest absolute Gasteiger partial charge is 0.234 e. The first-order chi connectivity index (χ1) is 8.13. The van der Waals surface area contributed by atoms with E-state index in [-0.39, 0.29) is 24.5 Å². The third-order valence-electron chi connectivity index (χ3n) is 2.88. The molecule has 1 heterocycles. The Morgan fingerprint density at radius 2 is 2.06 bits per heavy atom. The number of nitrogens with one attached hydrogen (secondary N) is 2. The van der Waals surface area contributed by atoms with Crippen LogP contribution < -0.4 is 10.6 Å². The maximum Gasteiger partial charge on any atom is 0.234 e. The standard InChI is InChI=1S/C11H21N3O3/c1-9(16)12-4-5-13-11(17)7-14-6-2-3-10(14)8-15/h10,15H,2-8H2,1H3,(H,12,16)(H,13,17)/t10-/m1/s1. The molecular weight excluding hydrogens is 222 g/mol. The molecule has 0 aliphatic carbocycles. The van der Waals surface area contributed by atoms with E-state index in [1.165, 1.54) is 6.92 Å². The molecule has 0 saturated carbocycles. The molecule has 1 aliphatic rings. The summed E-state index contributed by atoms with van der Waals surface area (Å²) in [6, 6.07) is 0.121. The van der Waals surface area contributed by atoms with Gasteiger partial charge in [-0.2, -0.15) is 0 Å². The highest BCUT2D eigenvalue weighted by Crippen LogP contribution is 2.15. The Kier molecular flexibility index (Phi) is 5.93. The number of aliphatic hydroxyl groups is 1. The van der Waals surface area contributed by atoms with Crippen LogP contribution >= 0.6 is 0 Å². The van der Waals surface area contributed by atoms with Crippen LogP contribution in [-0.2, 0) is 9.59 Å². The zero-order chi connectivity index (χ0) is 12.7. The largest absolute Gasteiger partial charge is 0.395 e. The van der Waals surface area contributed by atoms with Crippen LogP contribution in [0.2, 0.25) is 0 Å². The van der Waals surface area contributed by atoms with Crippen molar-refractivity contribution in [2.24, 2.45) is 0 Å². The van der Waals surface area contributed by atoms with E-state index < -0.39 is 0 Å². The SMILES string of the molecule is CC(=O)NCCNC(=O)CN1CCC[C@@H]1CO. The highest BCUT2D eigenvalue weighted by atomic mass is 16.3. The second kappa shape index (κ2) is 7.24. The van der Waals surface area contributed by atoms with E-state index in [9.17, 15) is 9.59 Å². The van der Waals surface area contributed by atoms with Gasteiger partial charge in [0, 0.05) is 26.1 Å². The van der Waals surface area contributed by atoms with Gasteiger partial charge in [-0.05, 0) is 19.4 Å². The lowest BCUT2D eigenvalue weighted by molar-refractivity contribution is -0.123. The molecule has 6 heteroatoms. The summed E-state index contributed by atoms with van der Waals surface area (Å²) < 4.78 is 0. The number of likely N-dealkylation sites (tertiary alicyclic amines) is 1. The number of aliphatic hydroxyl groups excluding tert-OH is 1. The Labute approximate surface area is 101 Å². The Bertz CT molecular complexity index is 271. The average molecular weight is 243 g/mol. The van der Waals surface area contributed by atoms with Gasteiger partial charge in [0.25, 0.3) is 0 Å². The fraction of sp³-hybridized carbons (Fsp3) is 0.818. The van der Waals surface area contributed by atoms with Crippen LogP contribution in [0.15, 0.2) is 0 Å². The third kappa shape index (κ3) is 5.14. The molecule has 0 radical (unpaired) electrons. The molecule has 0 aromatic heterocycles. The van der Waals surface area contributed by atoms with Crippen LogP contribution in [0.1, 0.15) is 19.8 Å². The highest BCUT2D eigenvalue weighted by Gasteiger charge is 2.25. The topological polar surface area (TPSA) is 81.7 Å². The molecule has 0 aromatic rings. The summed E-state index contributed by atoms with van der Waals surface area (Å²) in [5.41, 5.74) is 0. The van der Waals surface area contributed by atoms with Crippen molar-refractivity contribution in [3.8, 4) is 0 Å². The Morgan fingerprint density at radius 1 is 1.35 bits per heavy atom. The van der Waals surface area contributed by atoms with Gasteiger partial charge < -0.3 is 15.7 Å². The zero-order valence-electron chi connectivity index (χ0n) is 10.2. The molecule has 98 valence electrons. The Balaban J connectivity index is 2.14. The van der Waals surface area contributed by atoms with Crippen LogP contribution in [0, 0.1) is 0 Å². The summed E-state index contributed by atoms with van der Waals surface area (Å²) in [7, 11) is 0. The second-order valence-electron chi connectivity index (χ2n) is 4.28. The van der Waals surface area contributed by atoms with E-state index >= 15 is 0 Å². The maximum atomic E-state index is 11.6. The van der Waals surface area contributed by atoms with Crippen LogP contribution in [0.3, 0.4) is 0 Å². The predicted octanol–water partition coefficient (Wildman–Crippen LogP) is -1.30. The minimum absolute atomic E-state index is 0.0595. The molecule has 1 saturated heterocycles. The van der Waals surface area contributed by atoms with Crippen LogP contribution in [0.25, 0.3) is 0 Å². The number of hydrogen-bond donors (Lipinski definition) is 3. The van der Waals surface area contributed by atoms with E-state index in [2.05, 4.69) is 10.6 Å². The van der Waals surface area contributed by atoms with E-state index in [1.807, 2.05) is 4.90 Å². The Hall–Kier alpha value is -1.14. The first-order valence-electron chi connectivity index (χ1n) is 5.99. The van der Waals surface area contributed by atoms with Gasteiger partial charge in [0.15, 0.2) is 0 Å². The first-order valence-corrected chi connectivity index (χ1v) is 5.99. The minimum Gasteiger partial charge on any atom is -0.395 e. The molecule has 1 aliphatic heterocycles. The van der Waals surface area contributed by atoms with Crippen molar-refractivity contribution in [2.75, 3.05) is 32.8 Å². The van der Waals surface area contributed by atoms with Crippen LogP contribution in [0.5, 0.6) is 0 Å². The van der Waals surface area contributed by atoms with Crippen molar-refractivity contribution in [3.63, 3.8) is 0 Å². The molecule has 17 heavy (non-hydrogen) atoms. The molecule has 2 amide bonds. The van der Waals surface area contributed by atoms with E-state index in [0.29, 0.717) is 19.6 Å². The number of carbonyl (C=O) groups is 2. The monoisotopic (exact) mass is 243 g/mol. The minimum atomic E-state index is -0.0980. The number of hydrogen-bond acceptors (Lipinski definition) is 4. The van der Waals surface area contributed by atoms with Gasteiger partial charge in [-0.25, -0.2) is 0 Å².